The van der Waals surface area contributed by atoms with Crippen LogP contribution in [0.25, 0.3) is 0 Å². The number of amides is 1. The van der Waals surface area contributed by atoms with Crippen LogP contribution in [0.2, 0.25) is 0 Å². The molecule has 0 spiro atoms. The first-order chi connectivity index (χ1) is 8.28. The summed E-state index contributed by atoms with van der Waals surface area (Å²) in [6, 6.07) is 0.0552. The highest BCUT2D eigenvalue weighted by atomic mass is 79.9. The molecule has 2 heterocycles. The lowest BCUT2D eigenvalue weighted by atomic mass is 10.2. The van der Waals surface area contributed by atoms with Crippen molar-refractivity contribution in [2.45, 2.75) is 52.4 Å². The van der Waals surface area contributed by atoms with Gasteiger partial charge in [-0.1, -0.05) is 0 Å². The highest BCUT2D eigenvalue weighted by Gasteiger charge is 2.32. The van der Waals surface area contributed by atoms with Gasteiger partial charge in [0.15, 0.2) is 10.6 Å². The Kier molecular flexibility index (Phi) is 3.35. The fourth-order valence-corrected chi connectivity index (χ4v) is 2.28. The van der Waals surface area contributed by atoms with Gasteiger partial charge in [0.1, 0.15) is 5.60 Å². The van der Waals surface area contributed by atoms with E-state index in [4.69, 9.17) is 4.74 Å². The molecule has 1 unspecified atom stereocenters. The van der Waals surface area contributed by atoms with Crippen LogP contribution < -0.4 is 0 Å². The van der Waals surface area contributed by atoms with E-state index >= 15 is 0 Å². The van der Waals surface area contributed by atoms with Gasteiger partial charge in [-0.3, -0.25) is 4.90 Å². The first kappa shape index (κ1) is 13.3. The van der Waals surface area contributed by atoms with Crippen molar-refractivity contribution >= 4 is 22.0 Å². The Morgan fingerprint density at radius 3 is 2.72 bits per heavy atom. The molecular weight excluding hydrogens is 300 g/mol. The lowest BCUT2D eigenvalue weighted by Gasteiger charge is -2.34. The summed E-state index contributed by atoms with van der Waals surface area (Å²) in [5, 5.41) is 7.99. The molecule has 6 nitrogen and oxygen atoms in total. The van der Waals surface area contributed by atoms with Crippen molar-refractivity contribution in [3.8, 4) is 0 Å². The summed E-state index contributed by atoms with van der Waals surface area (Å²) in [5.41, 5.74) is -0.484. The van der Waals surface area contributed by atoms with E-state index in [2.05, 4.69) is 26.1 Å². The van der Waals surface area contributed by atoms with E-state index in [9.17, 15) is 4.79 Å². The zero-order valence-electron chi connectivity index (χ0n) is 11.0. The monoisotopic (exact) mass is 316 g/mol. The quantitative estimate of drug-likeness (QED) is 0.736. The first-order valence-corrected chi connectivity index (χ1v) is 6.64. The number of hydrogen-bond donors (Lipinski definition) is 0. The summed E-state index contributed by atoms with van der Waals surface area (Å²) in [6.07, 6.45) is -0.305. The van der Waals surface area contributed by atoms with Gasteiger partial charge in [0.2, 0.25) is 0 Å². The number of carbonyl (C=O) groups excluding carboxylic acids is 1. The predicted octanol–water partition coefficient (Wildman–Crippen LogP) is 2.18. The van der Waals surface area contributed by atoms with Gasteiger partial charge in [-0.05, 0) is 43.6 Å². The van der Waals surface area contributed by atoms with Crippen molar-refractivity contribution in [3.05, 3.63) is 10.6 Å². The third-order valence-corrected chi connectivity index (χ3v) is 3.29. The fraction of sp³-hybridized carbons (Fsp3) is 0.727. The minimum Gasteiger partial charge on any atom is -0.444 e. The second-order valence-corrected chi connectivity index (χ2v) is 6.16. The summed E-state index contributed by atoms with van der Waals surface area (Å²) in [7, 11) is 0. The molecule has 1 aromatic rings. The Bertz CT molecular complexity index is 466. The summed E-state index contributed by atoms with van der Waals surface area (Å²) in [5.74, 6) is 0.769. The van der Waals surface area contributed by atoms with Crippen molar-refractivity contribution in [1.29, 1.82) is 0 Å². The second kappa shape index (κ2) is 4.53. The van der Waals surface area contributed by atoms with Crippen LogP contribution in [0.4, 0.5) is 4.79 Å². The number of halogens is 1. The SMILES string of the molecule is CC1Cn2c(Br)nnc2CN1C(=O)OC(C)(C)C. The van der Waals surface area contributed by atoms with Crippen LogP contribution in [-0.2, 0) is 17.8 Å². The molecule has 0 N–H and O–H groups in total. The Labute approximate surface area is 114 Å². The highest BCUT2D eigenvalue weighted by molar-refractivity contribution is 9.10. The van der Waals surface area contributed by atoms with Crippen LogP contribution in [0, 0.1) is 0 Å². The number of ether oxygens (including phenoxy) is 1. The van der Waals surface area contributed by atoms with E-state index in [-0.39, 0.29) is 12.1 Å². The van der Waals surface area contributed by atoms with Crippen LogP contribution in [0.5, 0.6) is 0 Å². The summed E-state index contributed by atoms with van der Waals surface area (Å²) >= 11 is 3.34. The largest absolute Gasteiger partial charge is 0.444 e. The molecule has 1 amide bonds. The van der Waals surface area contributed by atoms with E-state index < -0.39 is 5.60 Å². The Morgan fingerprint density at radius 1 is 1.44 bits per heavy atom. The molecule has 0 fully saturated rings. The van der Waals surface area contributed by atoms with Crippen molar-refractivity contribution in [3.63, 3.8) is 0 Å². The zero-order chi connectivity index (χ0) is 13.5. The van der Waals surface area contributed by atoms with Gasteiger partial charge < -0.3 is 9.30 Å². The molecule has 0 saturated carbocycles. The summed E-state index contributed by atoms with van der Waals surface area (Å²) < 4.78 is 8.05. The number of aromatic nitrogens is 3. The van der Waals surface area contributed by atoms with Crippen molar-refractivity contribution < 1.29 is 9.53 Å². The molecule has 1 aliphatic rings. The number of fused-ring (bicyclic) bond motifs is 1. The Balaban J connectivity index is 2.15. The average molecular weight is 317 g/mol. The molecular formula is C11H17BrN4O2. The average Bonchev–Trinajstić information content (AvgIpc) is 2.56. The fourth-order valence-electron chi connectivity index (χ4n) is 1.85. The number of nitrogens with zero attached hydrogens (tertiary/aromatic N) is 4. The van der Waals surface area contributed by atoms with Gasteiger partial charge in [0.25, 0.3) is 0 Å². The molecule has 0 aromatic carbocycles. The molecule has 0 saturated heterocycles. The normalized spacial score (nSPS) is 19.6. The number of hydrogen-bond acceptors (Lipinski definition) is 4. The molecule has 18 heavy (non-hydrogen) atoms. The lowest BCUT2D eigenvalue weighted by Crippen LogP contribution is -2.47. The minimum absolute atomic E-state index is 0.0552. The second-order valence-electron chi connectivity index (χ2n) is 5.45. The third kappa shape index (κ3) is 2.66. The summed E-state index contributed by atoms with van der Waals surface area (Å²) in [4.78, 5) is 13.8. The van der Waals surface area contributed by atoms with Gasteiger partial charge in [-0.25, -0.2) is 4.79 Å². The molecule has 7 heteroatoms. The smallest absolute Gasteiger partial charge is 0.411 e. The van der Waals surface area contributed by atoms with E-state index in [1.165, 1.54) is 0 Å². The topological polar surface area (TPSA) is 60.2 Å². The standard InChI is InChI=1S/C11H17BrN4O2/c1-7-5-16-8(13-14-9(16)12)6-15(7)10(17)18-11(2,3)4/h7H,5-6H2,1-4H3. The van der Waals surface area contributed by atoms with E-state index in [0.717, 1.165) is 5.82 Å². The van der Waals surface area contributed by atoms with Crippen LogP contribution >= 0.6 is 15.9 Å². The predicted molar refractivity (Wildman–Crippen MR) is 69.0 cm³/mol. The maximum atomic E-state index is 12.1. The van der Waals surface area contributed by atoms with Crippen LogP contribution in [0.15, 0.2) is 4.73 Å². The van der Waals surface area contributed by atoms with Gasteiger partial charge in [-0.15, -0.1) is 10.2 Å². The van der Waals surface area contributed by atoms with E-state index in [0.29, 0.717) is 17.8 Å². The number of rotatable bonds is 0. The minimum atomic E-state index is -0.484. The van der Waals surface area contributed by atoms with Crippen molar-refractivity contribution in [2.75, 3.05) is 0 Å². The van der Waals surface area contributed by atoms with E-state index in [1.807, 2.05) is 32.3 Å². The Morgan fingerprint density at radius 2 is 2.11 bits per heavy atom. The first-order valence-electron chi connectivity index (χ1n) is 5.85. The van der Waals surface area contributed by atoms with Crippen LogP contribution in [0.1, 0.15) is 33.5 Å². The van der Waals surface area contributed by atoms with Gasteiger partial charge in [0.05, 0.1) is 12.6 Å². The Hall–Kier alpha value is -1.11. The number of carbonyl (C=O) groups is 1. The molecule has 0 aliphatic carbocycles. The van der Waals surface area contributed by atoms with Gasteiger partial charge >= 0.3 is 6.09 Å². The molecule has 1 aliphatic heterocycles. The maximum absolute atomic E-state index is 12.1. The molecule has 0 bridgehead atoms. The zero-order valence-corrected chi connectivity index (χ0v) is 12.6. The van der Waals surface area contributed by atoms with Gasteiger partial charge in [0, 0.05) is 6.54 Å². The van der Waals surface area contributed by atoms with E-state index in [1.54, 1.807) is 4.90 Å². The molecule has 2 rings (SSSR count). The summed E-state index contributed by atoms with van der Waals surface area (Å²) in [6.45, 7) is 8.66. The van der Waals surface area contributed by atoms with Gasteiger partial charge in [-0.2, -0.15) is 0 Å². The molecule has 1 atom stereocenters. The molecule has 0 radical (unpaired) electrons. The van der Waals surface area contributed by atoms with Crippen LogP contribution in [0.3, 0.4) is 0 Å². The van der Waals surface area contributed by atoms with Crippen molar-refractivity contribution in [1.82, 2.24) is 19.7 Å². The maximum Gasteiger partial charge on any atom is 0.411 e. The van der Waals surface area contributed by atoms with Crippen LogP contribution in [-0.4, -0.2) is 37.4 Å². The molecule has 100 valence electrons. The highest BCUT2D eigenvalue weighted by Crippen LogP contribution is 2.22. The van der Waals surface area contributed by atoms with Crippen molar-refractivity contribution in [2.24, 2.45) is 0 Å². The lowest BCUT2D eigenvalue weighted by molar-refractivity contribution is 0.00922. The third-order valence-electron chi connectivity index (χ3n) is 2.70. The molecule has 1 aromatic heterocycles.